The van der Waals surface area contributed by atoms with Gasteiger partial charge in [0.15, 0.2) is 11.6 Å². The van der Waals surface area contributed by atoms with Crippen LogP contribution in [0.5, 0.6) is 11.5 Å². The molecule has 4 fully saturated rings. The molecule has 4 aliphatic rings. The number of ether oxygens (including phenoxy) is 1. The van der Waals surface area contributed by atoms with Gasteiger partial charge in [-0.05, 0) is 99.1 Å². The van der Waals surface area contributed by atoms with E-state index in [1.54, 1.807) is 12.1 Å². The first kappa shape index (κ1) is 46.0. The average molecular weight is 951 g/mol. The smallest absolute Gasteiger partial charge is 0.301 e. The number of imide groups is 1. The van der Waals surface area contributed by atoms with Crippen LogP contribution in [0.25, 0.3) is 16.6 Å². The Bertz CT molecular complexity index is 2970. The molecule has 3 N–H and O–H groups in total. The van der Waals surface area contributed by atoms with Gasteiger partial charge in [0.05, 0.1) is 41.2 Å². The molecule has 0 saturated carbocycles. The number of nitrogens with zero attached hydrogens (tertiary/aromatic N) is 9. The second-order valence-corrected chi connectivity index (χ2v) is 18.9. The maximum Gasteiger partial charge on any atom is 0.301 e. The zero-order valence-electron chi connectivity index (χ0n) is 36.9. The number of hydrogen-bond donors (Lipinski definition) is 3. The van der Waals surface area contributed by atoms with Crippen LogP contribution in [0.15, 0.2) is 72.0 Å². The lowest BCUT2D eigenvalue weighted by Crippen LogP contribution is -2.52. The van der Waals surface area contributed by atoms with Crippen molar-refractivity contribution in [3.05, 3.63) is 100 Å². The Kier molecular flexibility index (Phi) is 13.3. The summed E-state index contributed by atoms with van der Waals surface area (Å²) in [7, 11) is -4.02. The van der Waals surface area contributed by atoms with Crippen LogP contribution < -0.4 is 30.6 Å². The number of carbonyl (C=O) groups excluding carboxylic acids is 3. The highest BCUT2D eigenvalue weighted by atomic mass is 32.2. The zero-order chi connectivity index (χ0) is 47.5. The number of hydrogen-bond acceptors (Lipinski definition) is 14. The zero-order valence-corrected chi connectivity index (χ0v) is 37.7. The first-order chi connectivity index (χ1) is 32.8. The number of nitriles is 1. The number of fused-ring (bicyclic) bond motifs is 1. The summed E-state index contributed by atoms with van der Waals surface area (Å²) in [6.07, 6.45) is 8.59. The van der Waals surface area contributed by atoms with E-state index in [-0.39, 0.29) is 58.9 Å². The summed E-state index contributed by atoms with van der Waals surface area (Å²) in [6, 6.07) is 12.6. The van der Waals surface area contributed by atoms with Crippen molar-refractivity contribution >= 4 is 56.2 Å². The van der Waals surface area contributed by atoms with Gasteiger partial charge in [-0.25, -0.2) is 23.7 Å². The highest BCUT2D eigenvalue weighted by molar-refractivity contribution is 7.90. The molecule has 0 radical (unpaired) electrons. The van der Waals surface area contributed by atoms with Crippen molar-refractivity contribution in [2.24, 2.45) is 0 Å². The standard InChI is InChI=1S/C46H48F2N12O7S/c47-36-7-9-39(55-68(65,66)59-14-2-1-3-15-59)35(24-49)43(36)67-32-5-8-38-34(23-32)45(64)60(28-52-38)31-25-50-46(51-26-31)58-20-18-57(19-21-58)42(62)27-56-16-12-29(13-17-56)33-6-4-30(22-37(33)48)53-40-10-11-41(61)54-44(40)63/h4-9,22-23,25-26,28-29,40,53,55H,1-3,10-21,27H2,(H,54,61,63)/t40-/m0/s1. The van der Waals surface area contributed by atoms with E-state index in [4.69, 9.17) is 4.74 Å². The third kappa shape index (κ3) is 9.95. The van der Waals surface area contributed by atoms with E-state index < -0.39 is 39.3 Å². The Morgan fingerprint density at radius 2 is 1.62 bits per heavy atom. The Hall–Kier alpha value is -7.09. The van der Waals surface area contributed by atoms with Crippen LogP contribution in [-0.4, -0.2) is 125 Å². The summed E-state index contributed by atoms with van der Waals surface area (Å²) in [5.41, 5.74) is 0.710. The number of amides is 3. The number of aromatic nitrogens is 4. The largest absolute Gasteiger partial charge is 0.453 e. The highest BCUT2D eigenvalue weighted by Crippen LogP contribution is 2.35. The molecule has 0 aliphatic carbocycles. The van der Waals surface area contributed by atoms with Gasteiger partial charge < -0.3 is 19.9 Å². The van der Waals surface area contributed by atoms with Gasteiger partial charge >= 0.3 is 10.2 Å². The first-order valence-electron chi connectivity index (χ1n) is 22.5. The molecule has 1 atom stereocenters. The van der Waals surface area contributed by atoms with Crippen LogP contribution in [0.1, 0.15) is 62.0 Å². The Balaban J connectivity index is 0.781. The van der Waals surface area contributed by atoms with E-state index >= 15 is 8.78 Å². The van der Waals surface area contributed by atoms with Crippen molar-refractivity contribution in [2.75, 3.05) is 73.8 Å². The third-order valence-electron chi connectivity index (χ3n) is 12.8. The second kappa shape index (κ2) is 19.6. The molecule has 68 heavy (non-hydrogen) atoms. The quantitative estimate of drug-likeness (QED) is 0.150. The molecule has 6 heterocycles. The Labute approximate surface area is 389 Å². The fourth-order valence-corrected chi connectivity index (χ4v) is 10.4. The normalized spacial score (nSPS) is 18.8. The van der Waals surface area contributed by atoms with Crippen molar-refractivity contribution < 1.29 is 36.3 Å². The summed E-state index contributed by atoms with van der Waals surface area (Å²) >= 11 is 0. The number of halogens is 2. The summed E-state index contributed by atoms with van der Waals surface area (Å²) in [5.74, 6) is -2.08. The first-order valence-corrected chi connectivity index (χ1v) is 23.9. The summed E-state index contributed by atoms with van der Waals surface area (Å²) < 4.78 is 67.4. The molecule has 2 aromatic heterocycles. The van der Waals surface area contributed by atoms with E-state index in [1.807, 2.05) is 15.9 Å². The lowest BCUT2D eigenvalue weighted by atomic mass is 9.89. The number of anilines is 3. The van der Waals surface area contributed by atoms with Gasteiger partial charge in [-0.3, -0.25) is 38.7 Å². The van der Waals surface area contributed by atoms with Gasteiger partial charge in [0.25, 0.3) is 5.56 Å². The molecule has 19 nitrogen and oxygen atoms in total. The maximum atomic E-state index is 15.3. The molecule has 3 aromatic carbocycles. The fourth-order valence-electron chi connectivity index (χ4n) is 9.06. The number of piperidine rings is 3. The van der Waals surface area contributed by atoms with Crippen LogP contribution in [0.2, 0.25) is 0 Å². The molecule has 3 amide bonds. The number of rotatable bonds is 12. The monoisotopic (exact) mass is 950 g/mol. The minimum absolute atomic E-state index is 0.00457. The molecule has 22 heteroatoms. The van der Waals surface area contributed by atoms with Gasteiger partial charge in [0.1, 0.15) is 35.6 Å². The van der Waals surface area contributed by atoms with E-state index in [0.717, 1.165) is 18.6 Å². The summed E-state index contributed by atoms with van der Waals surface area (Å²) in [5, 5.41) is 15.4. The van der Waals surface area contributed by atoms with E-state index in [1.165, 1.54) is 51.9 Å². The van der Waals surface area contributed by atoms with Crippen molar-refractivity contribution in [3.63, 3.8) is 0 Å². The number of likely N-dealkylation sites (tertiary alicyclic amines) is 1. The summed E-state index contributed by atoms with van der Waals surface area (Å²) in [6.45, 7) is 4.09. The molecule has 0 bridgehead atoms. The second-order valence-electron chi connectivity index (χ2n) is 17.2. The van der Waals surface area contributed by atoms with Gasteiger partial charge in [-0.15, -0.1) is 0 Å². The Morgan fingerprint density at radius 1 is 0.868 bits per heavy atom. The van der Waals surface area contributed by atoms with E-state index in [9.17, 15) is 32.9 Å². The van der Waals surface area contributed by atoms with E-state index in [2.05, 4.69) is 35.2 Å². The van der Waals surface area contributed by atoms with Gasteiger partial charge in [-0.2, -0.15) is 18.0 Å². The van der Waals surface area contributed by atoms with Crippen molar-refractivity contribution in [1.82, 2.24) is 38.9 Å². The maximum absolute atomic E-state index is 15.3. The van der Waals surface area contributed by atoms with E-state index in [0.29, 0.717) is 113 Å². The minimum atomic E-state index is -4.02. The molecule has 0 spiro atoms. The molecule has 5 aromatic rings. The highest BCUT2D eigenvalue weighted by Gasteiger charge is 2.31. The Morgan fingerprint density at radius 3 is 2.32 bits per heavy atom. The third-order valence-corrected chi connectivity index (χ3v) is 14.4. The van der Waals surface area contributed by atoms with Gasteiger partial charge in [0, 0.05) is 51.4 Å². The topological polar surface area (TPSA) is 228 Å². The number of benzene rings is 3. The molecule has 0 unspecified atom stereocenters. The average Bonchev–Trinajstić information content (AvgIpc) is 3.34. The number of nitrogens with one attached hydrogen (secondary N) is 3. The molecule has 354 valence electrons. The van der Waals surface area contributed by atoms with Gasteiger partial charge in [-0.1, -0.05) is 12.5 Å². The fraction of sp³-hybridized carbons (Fsp3) is 0.391. The lowest BCUT2D eigenvalue weighted by molar-refractivity contribution is -0.134. The predicted molar refractivity (Wildman–Crippen MR) is 245 cm³/mol. The van der Waals surface area contributed by atoms with Crippen LogP contribution in [-0.2, 0) is 24.6 Å². The van der Waals surface area contributed by atoms with Crippen molar-refractivity contribution in [1.29, 1.82) is 5.26 Å². The lowest BCUT2D eigenvalue weighted by Gasteiger charge is -2.37. The van der Waals surface area contributed by atoms with Crippen LogP contribution in [0.3, 0.4) is 0 Å². The number of carbonyl (C=O) groups is 3. The SMILES string of the molecule is N#Cc1c(NS(=O)(=O)N2CCCCC2)ccc(F)c1Oc1ccc2ncn(-c3cnc(N4CCN(C(=O)CN5CCC(c6ccc(N[C@H]7CCC(=O)NC7=O)cc6F)CC5)CC4)nc3)c(=O)c2c1. The van der Waals surface area contributed by atoms with Gasteiger partial charge in [0.2, 0.25) is 23.7 Å². The minimum Gasteiger partial charge on any atom is -0.453 e. The van der Waals surface area contributed by atoms with Crippen LogP contribution in [0, 0.1) is 23.0 Å². The molecule has 4 saturated heterocycles. The van der Waals surface area contributed by atoms with Crippen LogP contribution >= 0.6 is 0 Å². The molecule has 4 aliphatic heterocycles. The number of piperazine rings is 1. The predicted octanol–water partition coefficient (Wildman–Crippen LogP) is 4.01. The van der Waals surface area contributed by atoms with Crippen molar-refractivity contribution in [2.45, 2.75) is 56.9 Å². The molecular formula is C46H48F2N12O7S. The van der Waals surface area contributed by atoms with Crippen molar-refractivity contribution in [3.8, 4) is 23.3 Å². The van der Waals surface area contributed by atoms with Crippen LogP contribution in [0.4, 0.5) is 26.1 Å². The molecular weight excluding hydrogens is 903 g/mol. The summed E-state index contributed by atoms with van der Waals surface area (Å²) in [4.78, 5) is 70.0. The molecule has 9 rings (SSSR count).